The van der Waals surface area contributed by atoms with Gasteiger partial charge in [0.1, 0.15) is 17.5 Å². The summed E-state index contributed by atoms with van der Waals surface area (Å²) in [5.74, 6) is 2.11. The van der Waals surface area contributed by atoms with Crippen LogP contribution >= 0.6 is 0 Å². The van der Waals surface area contributed by atoms with Crippen LogP contribution in [0, 0.1) is 0 Å². The van der Waals surface area contributed by atoms with Gasteiger partial charge in [-0.25, -0.2) is 9.97 Å². The summed E-state index contributed by atoms with van der Waals surface area (Å²) in [6, 6.07) is 1.93. The molecule has 0 aromatic carbocycles. The molecule has 2 aromatic heterocycles. The predicted molar refractivity (Wildman–Crippen MR) is 94.8 cm³/mol. The maximum atomic E-state index is 9.35. The van der Waals surface area contributed by atoms with Gasteiger partial charge < -0.3 is 20.6 Å². The van der Waals surface area contributed by atoms with Crippen molar-refractivity contribution in [2.24, 2.45) is 0 Å². The second kappa shape index (κ2) is 7.27. The van der Waals surface area contributed by atoms with E-state index in [-0.39, 0.29) is 12.6 Å². The zero-order valence-electron chi connectivity index (χ0n) is 13.9. The molecule has 1 aliphatic heterocycles. The summed E-state index contributed by atoms with van der Waals surface area (Å²) >= 11 is 0. The van der Waals surface area contributed by atoms with Gasteiger partial charge in [-0.3, -0.25) is 4.98 Å². The van der Waals surface area contributed by atoms with Gasteiger partial charge in [0.05, 0.1) is 12.8 Å². The van der Waals surface area contributed by atoms with Crippen molar-refractivity contribution in [2.45, 2.75) is 26.4 Å². The van der Waals surface area contributed by atoms with Gasteiger partial charge >= 0.3 is 0 Å². The van der Waals surface area contributed by atoms with E-state index in [1.807, 2.05) is 13.0 Å². The molecule has 0 saturated carbocycles. The van der Waals surface area contributed by atoms with Gasteiger partial charge in [-0.1, -0.05) is 0 Å². The van der Waals surface area contributed by atoms with Crippen molar-refractivity contribution in [3.63, 3.8) is 0 Å². The normalized spacial score (nSPS) is 14.2. The van der Waals surface area contributed by atoms with Crippen molar-refractivity contribution in [1.29, 1.82) is 0 Å². The van der Waals surface area contributed by atoms with E-state index in [0.29, 0.717) is 11.6 Å². The van der Waals surface area contributed by atoms with Gasteiger partial charge in [0, 0.05) is 37.1 Å². The van der Waals surface area contributed by atoms with Crippen LogP contribution < -0.4 is 10.6 Å². The van der Waals surface area contributed by atoms with Crippen molar-refractivity contribution >= 4 is 23.5 Å². The minimum Gasteiger partial charge on any atom is -0.394 e. The number of hydrogen-bond donors (Lipinski definition) is 3. The number of anilines is 3. The summed E-state index contributed by atoms with van der Waals surface area (Å²) in [4.78, 5) is 15.2. The fourth-order valence-electron chi connectivity index (χ4n) is 2.52. The molecular formula is C17H22N6O. The standard InChI is InChI=1S/C17H22N6O/c1-3-23-7-4-13-8-15(21-16-9-18-5-6-19-16)22-17(14(13)10-23)20-12(2)11-24/h4-9,12,24H,3,10-11H2,1-2H3,(H2,19,20,21,22)/t12-/m0/s1. The molecule has 0 spiro atoms. The Morgan fingerprint density at radius 1 is 1.33 bits per heavy atom. The van der Waals surface area contributed by atoms with E-state index in [2.05, 4.69) is 49.7 Å². The third kappa shape index (κ3) is 3.62. The highest BCUT2D eigenvalue weighted by Crippen LogP contribution is 2.29. The second-order valence-electron chi connectivity index (χ2n) is 5.75. The Morgan fingerprint density at radius 2 is 2.21 bits per heavy atom. The summed E-state index contributed by atoms with van der Waals surface area (Å²) in [6.07, 6.45) is 9.09. The summed E-state index contributed by atoms with van der Waals surface area (Å²) < 4.78 is 0. The van der Waals surface area contributed by atoms with E-state index in [0.717, 1.165) is 30.0 Å². The Balaban J connectivity index is 1.95. The molecule has 0 radical (unpaired) electrons. The van der Waals surface area contributed by atoms with E-state index in [1.54, 1.807) is 18.6 Å². The van der Waals surface area contributed by atoms with E-state index in [9.17, 15) is 5.11 Å². The Kier molecular flexibility index (Phi) is 4.90. The van der Waals surface area contributed by atoms with Crippen molar-refractivity contribution in [3.05, 3.63) is 42.0 Å². The van der Waals surface area contributed by atoms with E-state index >= 15 is 0 Å². The van der Waals surface area contributed by atoms with Crippen LogP contribution in [0.4, 0.5) is 17.5 Å². The molecule has 126 valence electrons. The average Bonchev–Trinajstić information content (AvgIpc) is 2.62. The molecule has 7 heteroatoms. The second-order valence-corrected chi connectivity index (χ2v) is 5.75. The number of hydrogen-bond acceptors (Lipinski definition) is 7. The van der Waals surface area contributed by atoms with Crippen molar-refractivity contribution in [1.82, 2.24) is 19.9 Å². The quantitative estimate of drug-likeness (QED) is 0.750. The minimum atomic E-state index is -0.0747. The molecular weight excluding hydrogens is 304 g/mol. The first kappa shape index (κ1) is 16.2. The lowest BCUT2D eigenvalue weighted by atomic mass is 10.0. The van der Waals surface area contributed by atoms with Crippen LogP contribution in [-0.2, 0) is 6.54 Å². The average molecular weight is 326 g/mol. The van der Waals surface area contributed by atoms with E-state index in [4.69, 9.17) is 0 Å². The Hall–Kier alpha value is -2.67. The smallest absolute Gasteiger partial charge is 0.150 e. The Morgan fingerprint density at radius 3 is 2.92 bits per heavy atom. The lowest BCUT2D eigenvalue weighted by Crippen LogP contribution is -2.25. The maximum Gasteiger partial charge on any atom is 0.150 e. The molecule has 1 aliphatic rings. The number of aliphatic hydroxyl groups is 1. The first-order valence-corrected chi connectivity index (χ1v) is 8.06. The van der Waals surface area contributed by atoms with Crippen LogP contribution in [0.25, 0.3) is 6.08 Å². The lowest BCUT2D eigenvalue weighted by Gasteiger charge is -2.27. The molecule has 2 aromatic rings. The van der Waals surface area contributed by atoms with Crippen LogP contribution in [0.1, 0.15) is 25.0 Å². The summed E-state index contributed by atoms with van der Waals surface area (Å²) in [5.41, 5.74) is 2.23. The predicted octanol–water partition coefficient (Wildman–Crippen LogP) is 2.21. The Bertz CT molecular complexity index is 719. The first-order valence-electron chi connectivity index (χ1n) is 8.06. The highest BCUT2D eigenvalue weighted by atomic mass is 16.3. The molecule has 0 fully saturated rings. The number of nitrogens with one attached hydrogen (secondary N) is 2. The number of aliphatic hydroxyl groups excluding tert-OH is 1. The number of rotatable bonds is 6. The summed E-state index contributed by atoms with van der Waals surface area (Å²) in [5, 5.41) is 15.8. The zero-order valence-corrected chi connectivity index (χ0v) is 13.9. The highest BCUT2D eigenvalue weighted by molar-refractivity contribution is 5.69. The zero-order chi connectivity index (χ0) is 16.9. The largest absolute Gasteiger partial charge is 0.394 e. The minimum absolute atomic E-state index is 0.0472. The molecule has 0 saturated heterocycles. The first-order chi connectivity index (χ1) is 11.7. The van der Waals surface area contributed by atoms with Gasteiger partial charge in [-0.15, -0.1) is 0 Å². The summed E-state index contributed by atoms with van der Waals surface area (Å²) in [6.45, 7) is 5.82. The van der Waals surface area contributed by atoms with Crippen LogP contribution in [0.15, 0.2) is 30.9 Å². The van der Waals surface area contributed by atoms with Crippen LogP contribution in [-0.4, -0.2) is 44.2 Å². The molecule has 0 amide bonds. The molecule has 7 nitrogen and oxygen atoms in total. The molecule has 3 N–H and O–H groups in total. The monoisotopic (exact) mass is 326 g/mol. The molecule has 24 heavy (non-hydrogen) atoms. The molecule has 0 bridgehead atoms. The van der Waals surface area contributed by atoms with Gasteiger partial charge in [0.2, 0.25) is 0 Å². The van der Waals surface area contributed by atoms with Gasteiger partial charge in [-0.2, -0.15) is 0 Å². The number of pyridine rings is 1. The molecule has 3 rings (SSSR count). The van der Waals surface area contributed by atoms with Gasteiger partial charge in [0.25, 0.3) is 0 Å². The fourth-order valence-corrected chi connectivity index (χ4v) is 2.52. The van der Waals surface area contributed by atoms with Gasteiger partial charge in [0.15, 0.2) is 0 Å². The van der Waals surface area contributed by atoms with E-state index in [1.165, 1.54) is 0 Å². The number of nitrogens with zero attached hydrogens (tertiary/aromatic N) is 4. The lowest BCUT2D eigenvalue weighted by molar-refractivity contribution is 0.281. The van der Waals surface area contributed by atoms with Crippen LogP contribution in [0.3, 0.4) is 0 Å². The van der Waals surface area contributed by atoms with Crippen molar-refractivity contribution in [3.8, 4) is 0 Å². The number of fused-ring (bicyclic) bond motifs is 1. The maximum absolute atomic E-state index is 9.35. The molecule has 0 aliphatic carbocycles. The topological polar surface area (TPSA) is 86.2 Å². The highest BCUT2D eigenvalue weighted by Gasteiger charge is 2.18. The fraction of sp³-hybridized carbons (Fsp3) is 0.353. The van der Waals surface area contributed by atoms with Crippen LogP contribution in [0.2, 0.25) is 0 Å². The molecule has 1 atom stereocenters. The third-order valence-electron chi connectivity index (χ3n) is 3.87. The van der Waals surface area contributed by atoms with E-state index < -0.39 is 0 Å². The number of aromatic nitrogens is 3. The van der Waals surface area contributed by atoms with Crippen molar-refractivity contribution in [2.75, 3.05) is 23.8 Å². The Labute approximate surface area is 141 Å². The molecule has 3 heterocycles. The SMILES string of the molecule is CCN1C=Cc2cc(Nc3cnccn3)nc(N[C@@H](C)CO)c2C1. The third-order valence-corrected chi connectivity index (χ3v) is 3.87. The van der Waals surface area contributed by atoms with Crippen molar-refractivity contribution < 1.29 is 5.11 Å². The van der Waals surface area contributed by atoms with Gasteiger partial charge in [-0.05, 0) is 37.8 Å². The molecule has 0 unspecified atom stereocenters. The summed E-state index contributed by atoms with van der Waals surface area (Å²) in [7, 11) is 0. The van der Waals surface area contributed by atoms with Crippen LogP contribution in [0.5, 0.6) is 0 Å².